The van der Waals surface area contributed by atoms with E-state index in [1.165, 1.54) is 21.8 Å². The van der Waals surface area contributed by atoms with E-state index in [2.05, 4.69) is 10.4 Å². The number of urea groups is 1. The molecule has 1 rings (SSSR count). The number of amides is 2. The molecule has 0 radical (unpaired) electrons. The maximum Gasteiger partial charge on any atom is 0.339 e. The number of nitrogens with zero attached hydrogens (tertiary/aromatic N) is 3. The molecule has 2 amide bonds. The highest BCUT2D eigenvalue weighted by molar-refractivity contribution is 8.13. The first-order valence-corrected chi connectivity index (χ1v) is 5.50. The predicted molar refractivity (Wildman–Crippen MR) is 57.4 cm³/mol. The molecule has 0 atom stereocenters. The van der Waals surface area contributed by atoms with Gasteiger partial charge in [-0.15, -0.1) is 5.10 Å². The van der Waals surface area contributed by atoms with E-state index in [0.29, 0.717) is 11.8 Å². The third kappa shape index (κ3) is 2.52. The Kier molecular flexibility index (Phi) is 3.59. The lowest BCUT2D eigenvalue weighted by atomic mass is 10.4. The van der Waals surface area contributed by atoms with Crippen LogP contribution in [0, 0.1) is 0 Å². The van der Waals surface area contributed by atoms with Crippen molar-refractivity contribution in [2.24, 2.45) is 10.9 Å². The highest BCUT2D eigenvalue weighted by atomic mass is 32.2. The van der Waals surface area contributed by atoms with Crippen molar-refractivity contribution in [2.45, 2.75) is 19.9 Å². The topological polar surface area (TPSA) is 74.0 Å². The Morgan fingerprint density at radius 3 is 2.79 bits per heavy atom. The van der Waals surface area contributed by atoms with Gasteiger partial charge in [0.05, 0.1) is 0 Å². The molecule has 7 heteroatoms. The highest BCUT2D eigenvalue weighted by Crippen LogP contribution is 2.11. The zero-order chi connectivity index (χ0) is 10.7. The molecule has 1 aliphatic heterocycles. The number of rotatable bonds is 1. The van der Waals surface area contributed by atoms with E-state index in [1.807, 2.05) is 20.1 Å². The monoisotopic (exact) mass is 217 g/mol. The Bertz CT molecular complexity index is 254. The van der Waals surface area contributed by atoms with Crippen LogP contribution in [0.3, 0.4) is 0 Å². The summed E-state index contributed by atoms with van der Waals surface area (Å²) in [5, 5.41) is 10.2. The lowest BCUT2D eigenvalue weighted by molar-refractivity contribution is 0.187. The summed E-state index contributed by atoms with van der Waals surface area (Å²) in [7, 11) is 0. The van der Waals surface area contributed by atoms with Gasteiger partial charge in [0.25, 0.3) is 0 Å². The van der Waals surface area contributed by atoms with Gasteiger partial charge in [-0.2, -0.15) is 5.01 Å². The minimum atomic E-state index is -0.223. The molecule has 0 spiro atoms. The molecule has 0 unspecified atom stereocenters. The largest absolute Gasteiger partial charge is 0.339 e. The maximum absolute atomic E-state index is 11.5. The molecule has 80 valence electrons. The van der Waals surface area contributed by atoms with Crippen molar-refractivity contribution in [3.8, 4) is 0 Å². The van der Waals surface area contributed by atoms with Crippen LogP contribution in [0.15, 0.2) is 5.10 Å². The Labute approximate surface area is 87.5 Å². The average molecular weight is 217 g/mol. The zero-order valence-corrected chi connectivity index (χ0v) is 9.34. The lowest BCUT2D eigenvalue weighted by Gasteiger charge is -2.16. The molecule has 6 nitrogen and oxygen atoms in total. The predicted octanol–water partition coefficient (Wildman–Crippen LogP) is 0.187. The van der Waals surface area contributed by atoms with E-state index in [-0.39, 0.29) is 12.1 Å². The van der Waals surface area contributed by atoms with E-state index in [0.717, 1.165) is 0 Å². The molecule has 14 heavy (non-hydrogen) atoms. The molecule has 3 N–H and O–H groups in total. The quantitative estimate of drug-likeness (QED) is 0.615. The summed E-state index contributed by atoms with van der Waals surface area (Å²) in [4.78, 5) is 11.5. The molecular weight excluding hydrogens is 202 g/mol. The molecular formula is C7H15N5OS. The minimum absolute atomic E-state index is 0.0993. The summed E-state index contributed by atoms with van der Waals surface area (Å²) in [6, 6.07) is -0.123. The first-order chi connectivity index (χ1) is 6.54. The number of thioether (sulfide) groups is 1. The minimum Gasteiger partial charge on any atom is -0.334 e. The van der Waals surface area contributed by atoms with E-state index in [4.69, 9.17) is 5.84 Å². The van der Waals surface area contributed by atoms with Crippen molar-refractivity contribution in [2.75, 3.05) is 12.9 Å². The second-order valence-corrected chi connectivity index (χ2v) is 3.98. The fourth-order valence-electron chi connectivity index (χ4n) is 0.986. The van der Waals surface area contributed by atoms with E-state index in [1.54, 1.807) is 0 Å². The van der Waals surface area contributed by atoms with Gasteiger partial charge in [0, 0.05) is 6.04 Å². The van der Waals surface area contributed by atoms with Gasteiger partial charge in [-0.05, 0) is 20.1 Å². The van der Waals surface area contributed by atoms with Crippen molar-refractivity contribution in [3.05, 3.63) is 0 Å². The molecule has 0 bridgehead atoms. The van der Waals surface area contributed by atoms with E-state index in [9.17, 15) is 4.79 Å². The van der Waals surface area contributed by atoms with Crippen molar-refractivity contribution in [3.63, 3.8) is 0 Å². The molecule has 1 heterocycles. The number of hydrogen-bond acceptors (Lipinski definition) is 5. The van der Waals surface area contributed by atoms with Gasteiger partial charge in [-0.1, -0.05) is 11.8 Å². The van der Waals surface area contributed by atoms with Crippen LogP contribution in [0.1, 0.15) is 13.8 Å². The highest BCUT2D eigenvalue weighted by Gasteiger charge is 2.24. The van der Waals surface area contributed by atoms with Crippen molar-refractivity contribution in [1.82, 2.24) is 15.3 Å². The standard InChI is InChI=1S/C7H15N5OS/c1-5(2)9-6(13)12-4-11(8)7(10-12)14-3/h5H,4,8H2,1-3H3,(H,9,13). The molecule has 0 fully saturated rings. The van der Waals surface area contributed by atoms with Crippen molar-refractivity contribution >= 4 is 23.0 Å². The van der Waals surface area contributed by atoms with Gasteiger partial charge in [0.15, 0.2) is 5.17 Å². The summed E-state index contributed by atoms with van der Waals surface area (Å²) >= 11 is 1.41. The van der Waals surface area contributed by atoms with Gasteiger partial charge in [-0.25, -0.2) is 10.6 Å². The van der Waals surface area contributed by atoms with Gasteiger partial charge < -0.3 is 5.32 Å². The molecule has 1 aliphatic rings. The number of amidine groups is 1. The maximum atomic E-state index is 11.5. The number of hydrazone groups is 1. The molecule has 0 saturated heterocycles. The summed E-state index contributed by atoms with van der Waals surface area (Å²) in [6.07, 6.45) is 1.86. The first-order valence-electron chi connectivity index (χ1n) is 4.27. The lowest BCUT2D eigenvalue weighted by Crippen LogP contribution is -2.43. The second-order valence-electron chi connectivity index (χ2n) is 3.20. The number of hydrogen-bond donors (Lipinski definition) is 2. The third-order valence-corrected chi connectivity index (χ3v) is 2.25. The van der Waals surface area contributed by atoms with Crippen LogP contribution >= 0.6 is 11.8 Å². The second kappa shape index (κ2) is 4.52. The summed E-state index contributed by atoms with van der Waals surface area (Å²) in [6.45, 7) is 4.09. The van der Waals surface area contributed by atoms with Gasteiger partial charge in [0.1, 0.15) is 6.67 Å². The SMILES string of the molecule is CSC1=NN(C(=O)NC(C)C)CN1N. The normalized spacial score (nSPS) is 16.2. The summed E-state index contributed by atoms with van der Waals surface area (Å²) < 4.78 is 0. The van der Waals surface area contributed by atoms with Gasteiger partial charge >= 0.3 is 6.03 Å². The smallest absolute Gasteiger partial charge is 0.334 e. The summed E-state index contributed by atoms with van der Waals surface area (Å²) in [5.74, 6) is 5.61. The number of nitrogens with two attached hydrogens (primary N) is 1. The fourth-order valence-corrected chi connectivity index (χ4v) is 1.46. The van der Waals surface area contributed by atoms with Crippen molar-refractivity contribution < 1.29 is 4.79 Å². The third-order valence-electron chi connectivity index (χ3n) is 1.57. The number of carbonyl (C=O) groups is 1. The Morgan fingerprint density at radius 1 is 1.71 bits per heavy atom. The van der Waals surface area contributed by atoms with Crippen LogP contribution in [0.5, 0.6) is 0 Å². The number of hydrazine groups is 1. The van der Waals surface area contributed by atoms with Gasteiger partial charge in [0.2, 0.25) is 0 Å². The van der Waals surface area contributed by atoms with Crippen LogP contribution in [-0.2, 0) is 0 Å². The number of nitrogens with one attached hydrogen (secondary N) is 1. The van der Waals surface area contributed by atoms with Crippen LogP contribution in [0.2, 0.25) is 0 Å². The Balaban J connectivity index is 2.56. The summed E-state index contributed by atoms with van der Waals surface area (Å²) in [5.41, 5.74) is 0. The Hall–Kier alpha value is -0.950. The number of carbonyl (C=O) groups excluding carboxylic acids is 1. The molecule has 0 aromatic carbocycles. The van der Waals surface area contributed by atoms with Gasteiger partial charge in [-0.3, -0.25) is 5.01 Å². The molecule has 0 aliphatic carbocycles. The average Bonchev–Trinajstić information content (AvgIpc) is 2.45. The van der Waals surface area contributed by atoms with Crippen molar-refractivity contribution in [1.29, 1.82) is 0 Å². The van der Waals surface area contributed by atoms with Crippen LogP contribution in [0.25, 0.3) is 0 Å². The van der Waals surface area contributed by atoms with Crippen LogP contribution in [-0.4, -0.2) is 40.2 Å². The van der Waals surface area contributed by atoms with Crippen LogP contribution in [0.4, 0.5) is 4.79 Å². The Morgan fingerprint density at radius 2 is 2.36 bits per heavy atom. The molecule has 0 aromatic rings. The molecule has 0 aromatic heterocycles. The first kappa shape index (κ1) is 11.1. The fraction of sp³-hybridized carbons (Fsp3) is 0.714. The zero-order valence-electron chi connectivity index (χ0n) is 8.52. The van der Waals surface area contributed by atoms with Crippen LogP contribution < -0.4 is 11.2 Å². The molecule has 0 saturated carbocycles. The van der Waals surface area contributed by atoms with E-state index >= 15 is 0 Å². The van der Waals surface area contributed by atoms with E-state index < -0.39 is 0 Å².